The highest BCUT2D eigenvalue weighted by molar-refractivity contribution is 5.91. The first kappa shape index (κ1) is 46.5. The minimum Gasteiger partial charge on any atom is -0.465 e. The van der Waals surface area contributed by atoms with E-state index in [1.807, 2.05) is 0 Å². The quantitative estimate of drug-likeness (QED) is 0.0377. The molecule has 0 radical (unpaired) electrons. The molecule has 1 atom stereocenters. The van der Waals surface area contributed by atoms with Crippen molar-refractivity contribution in [1.29, 1.82) is 0 Å². The molecule has 0 spiro atoms. The van der Waals surface area contributed by atoms with Gasteiger partial charge in [-0.05, 0) is 43.7 Å². The molecule has 51 heavy (non-hydrogen) atoms. The first-order valence-corrected chi connectivity index (χ1v) is 19.9. The van der Waals surface area contributed by atoms with Crippen molar-refractivity contribution in [2.45, 2.75) is 155 Å². The van der Waals surface area contributed by atoms with Crippen LogP contribution < -0.4 is 14.2 Å². The van der Waals surface area contributed by atoms with Gasteiger partial charge in [-0.3, -0.25) is 4.79 Å². The second-order valence-corrected chi connectivity index (χ2v) is 13.5. The third-order valence-corrected chi connectivity index (χ3v) is 8.91. The molecule has 1 unspecified atom stereocenters. The molecule has 0 saturated heterocycles. The van der Waals surface area contributed by atoms with Gasteiger partial charge >= 0.3 is 11.9 Å². The second kappa shape index (κ2) is 33.3. The van der Waals surface area contributed by atoms with E-state index in [1.54, 1.807) is 12.1 Å². The van der Waals surface area contributed by atoms with E-state index in [0.717, 1.165) is 44.9 Å². The predicted molar refractivity (Wildman–Crippen MR) is 202 cm³/mol. The van der Waals surface area contributed by atoms with Crippen LogP contribution in [0.3, 0.4) is 0 Å². The number of carbonyl (C=O) groups excluding carboxylic acids is 2. The van der Waals surface area contributed by atoms with Gasteiger partial charge in [-0.15, -0.1) is 0 Å². The van der Waals surface area contributed by atoms with E-state index in [0.29, 0.717) is 25.6 Å². The van der Waals surface area contributed by atoms with E-state index in [-0.39, 0.29) is 49.2 Å². The molecular formula is C41H72O10. The summed E-state index contributed by atoms with van der Waals surface area (Å²) in [5, 5.41) is 0. The number of hydrogen-bond donors (Lipinski definition) is 0. The lowest BCUT2D eigenvalue weighted by Gasteiger charge is -2.17. The molecule has 0 bridgehead atoms. The zero-order valence-electron chi connectivity index (χ0n) is 32.9. The molecule has 0 amide bonds. The fourth-order valence-corrected chi connectivity index (χ4v) is 5.94. The summed E-state index contributed by atoms with van der Waals surface area (Å²) < 4.78 is 43.2. The van der Waals surface area contributed by atoms with Crippen molar-refractivity contribution in [2.24, 2.45) is 5.92 Å². The zero-order chi connectivity index (χ0) is 37.2. The highest BCUT2D eigenvalue weighted by Gasteiger charge is 2.20. The molecule has 0 aliphatic carbocycles. The molecule has 0 heterocycles. The molecule has 1 aromatic rings. The Labute approximate surface area is 309 Å². The topological polar surface area (TPSA) is 108 Å². The number of ether oxygens (including phenoxy) is 8. The van der Waals surface area contributed by atoms with E-state index in [2.05, 4.69) is 13.8 Å². The lowest BCUT2D eigenvalue weighted by atomic mass is 9.95. The Morgan fingerprint density at radius 1 is 0.549 bits per heavy atom. The van der Waals surface area contributed by atoms with Gasteiger partial charge in [0, 0.05) is 27.8 Å². The van der Waals surface area contributed by atoms with Crippen LogP contribution in [-0.2, 0) is 28.5 Å². The average molecular weight is 725 g/mol. The number of benzene rings is 1. The molecule has 10 nitrogen and oxygen atoms in total. The number of methoxy groups -OCH3 is 3. The molecule has 296 valence electrons. The molecule has 10 heteroatoms. The van der Waals surface area contributed by atoms with Gasteiger partial charge in [0.25, 0.3) is 0 Å². The highest BCUT2D eigenvalue weighted by Crippen LogP contribution is 2.39. The van der Waals surface area contributed by atoms with Crippen molar-refractivity contribution < 1.29 is 47.5 Å². The Balaban J connectivity index is 2.24. The summed E-state index contributed by atoms with van der Waals surface area (Å²) in [6.45, 7) is 5.32. The maximum absolute atomic E-state index is 12.8. The van der Waals surface area contributed by atoms with Crippen LogP contribution in [0, 0.1) is 5.92 Å². The number of carbonyl (C=O) groups is 2. The summed E-state index contributed by atoms with van der Waals surface area (Å²) in [6, 6.07) is 3.08. The van der Waals surface area contributed by atoms with Gasteiger partial charge in [-0.25, -0.2) is 4.79 Å². The summed E-state index contributed by atoms with van der Waals surface area (Å²) in [4.78, 5) is 25.3. The molecule has 1 rings (SSSR count). The van der Waals surface area contributed by atoms with Crippen molar-refractivity contribution in [1.82, 2.24) is 0 Å². The summed E-state index contributed by atoms with van der Waals surface area (Å²) in [7, 11) is 4.50. The number of unbranched alkanes of at least 4 members (excludes halogenated alkanes) is 16. The maximum atomic E-state index is 12.8. The Hall–Kier alpha value is -2.56. The van der Waals surface area contributed by atoms with E-state index < -0.39 is 5.97 Å². The van der Waals surface area contributed by atoms with Gasteiger partial charge in [-0.2, -0.15) is 0 Å². The van der Waals surface area contributed by atoms with Crippen molar-refractivity contribution in [2.75, 3.05) is 54.9 Å². The lowest BCUT2D eigenvalue weighted by Crippen LogP contribution is -2.14. The summed E-state index contributed by atoms with van der Waals surface area (Å²) in [5.41, 5.74) is 0.274. The van der Waals surface area contributed by atoms with E-state index in [1.165, 1.54) is 111 Å². The van der Waals surface area contributed by atoms with Crippen LogP contribution in [0.25, 0.3) is 0 Å². The van der Waals surface area contributed by atoms with Crippen LogP contribution in [0.1, 0.15) is 165 Å². The second-order valence-electron chi connectivity index (χ2n) is 13.5. The Kier molecular flexibility index (Phi) is 30.3. The van der Waals surface area contributed by atoms with E-state index >= 15 is 0 Å². The molecular weight excluding hydrogens is 652 g/mol. The van der Waals surface area contributed by atoms with Crippen LogP contribution in [0.15, 0.2) is 12.1 Å². The standard InChI is InChI=1S/C41H72O10/c1-6-8-10-12-18-22-26-35(25-21-11-9-7-2)31-48-39(42)27-23-19-16-14-13-15-17-20-24-28-47-41(43)36-29-37(49-32-44-3)40(51-34-46-5)38(30-36)50-33-45-4/h29-30,35H,6-28,31-34H2,1-5H3. The first-order valence-electron chi connectivity index (χ1n) is 19.9. The third-order valence-electron chi connectivity index (χ3n) is 8.91. The first-order chi connectivity index (χ1) is 25.0. The number of esters is 2. The molecule has 0 N–H and O–H groups in total. The largest absolute Gasteiger partial charge is 0.465 e. The van der Waals surface area contributed by atoms with E-state index in [9.17, 15) is 9.59 Å². The molecule has 0 saturated carbocycles. The summed E-state index contributed by atoms with van der Waals surface area (Å²) in [6.07, 6.45) is 25.4. The molecule has 0 aliphatic rings. The lowest BCUT2D eigenvalue weighted by molar-refractivity contribution is -0.145. The predicted octanol–water partition coefficient (Wildman–Crippen LogP) is 10.6. The van der Waals surface area contributed by atoms with Crippen molar-refractivity contribution in [3.05, 3.63) is 17.7 Å². The minimum atomic E-state index is -0.475. The monoisotopic (exact) mass is 725 g/mol. The van der Waals surface area contributed by atoms with Crippen LogP contribution >= 0.6 is 0 Å². The van der Waals surface area contributed by atoms with Crippen molar-refractivity contribution >= 4 is 11.9 Å². The molecule has 1 aromatic carbocycles. The van der Waals surface area contributed by atoms with Crippen LogP contribution in [0.5, 0.6) is 17.2 Å². The number of rotatable bonds is 36. The normalized spacial score (nSPS) is 11.7. The Bertz CT molecular complexity index is 956. The Morgan fingerprint density at radius 2 is 1.00 bits per heavy atom. The summed E-state index contributed by atoms with van der Waals surface area (Å²) >= 11 is 0. The van der Waals surface area contributed by atoms with E-state index in [4.69, 9.17) is 37.9 Å². The Morgan fingerprint density at radius 3 is 1.53 bits per heavy atom. The van der Waals surface area contributed by atoms with Crippen molar-refractivity contribution in [3.8, 4) is 17.2 Å². The fourth-order valence-electron chi connectivity index (χ4n) is 5.94. The number of hydrogen-bond acceptors (Lipinski definition) is 10. The highest BCUT2D eigenvalue weighted by atomic mass is 16.7. The zero-order valence-corrected chi connectivity index (χ0v) is 32.9. The van der Waals surface area contributed by atoms with Gasteiger partial charge in [-0.1, -0.05) is 123 Å². The fraction of sp³-hybridized carbons (Fsp3) is 0.805. The third kappa shape index (κ3) is 24.3. The van der Waals surface area contributed by atoms with Gasteiger partial charge in [0.1, 0.15) is 0 Å². The van der Waals surface area contributed by atoms with Crippen LogP contribution in [-0.4, -0.2) is 66.9 Å². The summed E-state index contributed by atoms with van der Waals surface area (Å²) in [5.74, 6) is 0.834. The maximum Gasteiger partial charge on any atom is 0.338 e. The van der Waals surface area contributed by atoms with Crippen LogP contribution in [0.4, 0.5) is 0 Å². The molecule has 0 aromatic heterocycles. The molecule has 0 aliphatic heterocycles. The van der Waals surface area contributed by atoms with Crippen molar-refractivity contribution in [3.63, 3.8) is 0 Å². The SMILES string of the molecule is CCCCCCCCC(CCCCCC)COC(=O)CCCCCCCCCCCOC(=O)c1cc(OCOC)c(OCOC)c(OCOC)c1. The van der Waals surface area contributed by atoms with Gasteiger partial charge in [0.05, 0.1) is 18.8 Å². The van der Waals surface area contributed by atoms with Crippen LogP contribution in [0.2, 0.25) is 0 Å². The minimum absolute atomic E-state index is 0.0231. The van der Waals surface area contributed by atoms with Gasteiger partial charge < -0.3 is 37.9 Å². The smallest absolute Gasteiger partial charge is 0.338 e. The molecule has 0 fully saturated rings. The van der Waals surface area contributed by atoms with Gasteiger partial charge in [0.15, 0.2) is 31.9 Å². The van der Waals surface area contributed by atoms with Gasteiger partial charge in [0.2, 0.25) is 5.75 Å². The average Bonchev–Trinajstić information content (AvgIpc) is 3.14.